The van der Waals surface area contributed by atoms with Crippen molar-refractivity contribution in [1.29, 1.82) is 0 Å². The van der Waals surface area contributed by atoms with E-state index in [0.717, 1.165) is 0 Å². The van der Waals surface area contributed by atoms with Gasteiger partial charge in [0.15, 0.2) is 0 Å². The van der Waals surface area contributed by atoms with Crippen LogP contribution in [0.3, 0.4) is 0 Å². The normalized spacial score (nSPS) is 13.9. The number of hydrogen-bond acceptors (Lipinski definition) is 3. The zero-order valence-electron chi connectivity index (χ0n) is 7.97. The first kappa shape index (κ1) is 10.2. The van der Waals surface area contributed by atoms with E-state index in [-0.39, 0.29) is 0 Å². The second kappa shape index (κ2) is 3.89. The Labute approximate surface area is 81.3 Å². The first-order chi connectivity index (χ1) is 6.65. The third-order valence-electron chi connectivity index (χ3n) is 2.05. The fraction of sp³-hybridized carbons (Fsp3) is 0.333. The fourth-order valence-corrected chi connectivity index (χ4v) is 1.20. The molecule has 0 N–H and O–H groups in total. The minimum Gasteiger partial charge on any atom is -0.468 e. The summed E-state index contributed by atoms with van der Waals surface area (Å²) in [5.74, 6) is -0.568. The third kappa shape index (κ3) is 1.58. The van der Waals surface area contributed by atoms with Gasteiger partial charge in [0.05, 0.1) is 7.11 Å². The van der Waals surface area contributed by atoms with E-state index in [9.17, 15) is 4.79 Å². The molecule has 0 fully saturated rings. The number of carbonyl (C=O) groups is 1. The third-order valence-corrected chi connectivity index (χ3v) is 2.05. The molecule has 0 saturated carbocycles. The predicted molar refractivity (Wildman–Crippen MR) is 50.5 cm³/mol. The van der Waals surface area contributed by atoms with Gasteiger partial charge in [-0.15, -0.1) is 5.56 Å². The lowest BCUT2D eigenvalue weighted by Crippen LogP contribution is -2.30. The van der Waals surface area contributed by atoms with E-state index in [0.29, 0.717) is 5.56 Å². The summed E-state index contributed by atoms with van der Waals surface area (Å²) in [6, 6.07) is 6.96. The summed E-state index contributed by atoms with van der Waals surface area (Å²) in [6.07, 6.45) is 0. The molecule has 0 unspecified atom stereocenters. The molecule has 14 heavy (non-hydrogen) atoms. The number of rotatable bonds is 3. The van der Waals surface area contributed by atoms with Crippen LogP contribution in [-0.2, 0) is 15.1 Å². The summed E-state index contributed by atoms with van der Waals surface area (Å²) in [6.45, 7) is 1.52. The maximum absolute atomic E-state index is 11.4. The summed E-state index contributed by atoms with van der Waals surface area (Å²) in [5.41, 5.74) is 7.75. The Hall–Kier alpha value is -1.87. The second-order valence-corrected chi connectivity index (χ2v) is 2.93. The number of methoxy groups -OCH3 is 1. The van der Waals surface area contributed by atoms with E-state index in [1.807, 2.05) is 0 Å². The summed E-state index contributed by atoms with van der Waals surface area (Å²) in [4.78, 5) is 14.1. The van der Waals surface area contributed by atoms with Crippen molar-refractivity contribution in [3.05, 3.63) is 40.3 Å². The van der Waals surface area contributed by atoms with Crippen LogP contribution >= 0.6 is 0 Å². The van der Waals surface area contributed by atoms with Crippen LogP contribution in [0.25, 0.3) is 10.4 Å². The summed E-state index contributed by atoms with van der Waals surface area (Å²) < 4.78 is 4.59. The Morgan fingerprint density at radius 1 is 1.79 bits per heavy atom. The van der Waals surface area contributed by atoms with Gasteiger partial charge < -0.3 is 4.74 Å². The molecule has 0 amide bonds. The quantitative estimate of drug-likeness (QED) is 0.242. The SMILES string of the molecule is COC(=O)[C@](C)(N=[N+]=[N-])c1ccc[cH-]1. The summed E-state index contributed by atoms with van der Waals surface area (Å²) in [5, 5.41) is 3.48. The monoisotopic (exact) mass is 192 g/mol. The number of carbonyl (C=O) groups excluding carboxylic acids is 1. The highest BCUT2D eigenvalue weighted by atomic mass is 16.5. The highest BCUT2D eigenvalue weighted by Gasteiger charge is 2.32. The van der Waals surface area contributed by atoms with Gasteiger partial charge in [-0.2, -0.15) is 12.1 Å². The molecule has 1 aromatic rings. The van der Waals surface area contributed by atoms with Gasteiger partial charge in [-0.25, -0.2) is 12.1 Å². The van der Waals surface area contributed by atoms with Crippen molar-refractivity contribution in [2.45, 2.75) is 12.5 Å². The van der Waals surface area contributed by atoms with Gasteiger partial charge in [-0.3, -0.25) is 4.79 Å². The van der Waals surface area contributed by atoms with Crippen LogP contribution in [0.2, 0.25) is 0 Å². The molecule has 0 aromatic heterocycles. The van der Waals surface area contributed by atoms with E-state index in [2.05, 4.69) is 14.8 Å². The fourth-order valence-electron chi connectivity index (χ4n) is 1.20. The Kier molecular flexibility index (Phi) is 2.84. The summed E-state index contributed by atoms with van der Waals surface area (Å²) >= 11 is 0. The first-order valence-electron chi connectivity index (χ1n) is 4.02. The maximum Gasteiger partial charge on any atom is 0.319 e. The highest BCUT2D eigenvalue weighted by molar-refractivity contribution is 5.82. The molecule has 0 aliphatic rings. The lowest BCUT2D eigenvalue weighted by Gasteiger charge is -2.23. The average molecular weight is 192 g/mol. The molecule has 0 radical (unpaired) electrons. The van der Waals surface area contributed by atoms with Gasteiger partial charge in [0.25, 0.3) is 0 Å². The molecule has 1 rings (SSSR count). The molecule has 1 atom stereocenters. The van der Waals surface area contributed by atoms with Gasteiger partial charge in [0.2, 0.25) is 0 Å². The topological polar surface area (TPSA) is 75.1 Å². The molecule has 0 bridgehead atoms. The first-order valence-corrected chi connectivity index (χ1v) is 4.02. The molecule has 5 nitrogen and oxygen atoms in total. The van der Waals surface area contributed by atoms with E-state index in [4.69, 9.17) is 5.53 Å². The Balaban J connectivity index is 3.18. The molecule has 0 aliphatic heterocycles. The minimum absolute atomic E-state index is 0.568. The molecule has 0 heterocycles. The van der Waals surface area contributed by atoms with Crippen LogP contribution in [0.1, 0.15) is 12.5 Å². The van der Waals surface area contributed by atoms with Crippen molar-refractivity contribution in [2.75, 3.05) is 7.11 Å². The molecule has 0 saturated heterocycles. The molecule has 0 aliphatic carbocycles. The lowest BCUT2D eigenvalue weighted by molar-refractivity contribution is -0.146. The Morgan fingerprint density at radius 2 is 2.50 bits per heavy atom. The van der Waals surface area contributed by atoms with Crippen molar-refractivity contribution >= 4 is 5.97 Å². The van der Waals surface area contributed by atoms with Crippen LogP contribution in [-0.4, -0.2) is 13.1 Å². The number of nitrogens with zero attached hydrogens (tertiary/aromatic N) is 3. The molecule has 5 heteroatoms. The molecular weight excluding hydrogens is 182 g/mol. The Morgan fingerprint density at radius 3 is 2.93 bits per heavy atom. The highest BCUT2D eigenvalue weighted by Crippen LogP contribution is 2.27. The lowest BCUT2D eigenvalue weighted by atomic mass is 9.96. The number of ether oxygens (including phenoxy) is 1. The molecular formula is C9H10N3O2-. The zero-order valence-corrected chi connectivity index (χ0v) is 7.97. The number of esters is 1. The predicted octanol–water partition coefficient (Wildman–Crippen LogP) is 2.10. The van der Waals surface area contributed by atoms with Crippen molar-refractivity contribution in [2.24, 2.45) is 5.11 Å². The van der Waals surface area contributed by atoms with Crippen molar-refractivity contribution < 1.29 is 9.53 Å². The van der Waals surface area contributed by atoms with E-state index in [1.165, 1.54) is 14.0 Å². The number of hydrogen-bond donors (Lipinski definition) is 0. The standard InChI is InChI=1S/C9H10N3O2/c1-9(11-12-10,8(13)14-2)7-5-3-4-6-7/h3-6H,1-2H3/q-1/t9-/m1/s1. The summed E-state index contributed by atoms with van der Waals surface area (Å²) in [7, 11) is 1.26. The van der Waals surface area contributed by atoms with Crippen LogP contribution in [0.5, 0.6) is 0 Å². The van der Waals surface area contributed by atoms with E-state index in [1.54, 1.807) is 24.3 Å². The van der Waals surface area contributed by atoms with E-state index < -0.39 is 11.5 Å². The van der Waals surface area contributed by atoms with Crippen LogP contribution in [0.4, 0.5) is 0 Å². The van der Waals surface area contributed by atoms with Crippen molar-refractivity contribution in [3.8, 4) is 0 Å². The van der Waals surface area contributed by atoms with Gasteiger partial charge in [0.1, 0.15) is 5.54 Å². The second-order valence-electron chi connectivity index (χ2n) is 2.93. The van der Waals surface area contributed by atoms with Crippen molar-refractivity contribution in [1.82, 2.24) is 0 Å². The van der Waals surface area contributed by atoms with Crippen molar-refractivity contribution in [3.63, 3.8) is 0 Å². The average Bonchev–Trinajstić information content (AvgIpc) is 2.70. The zero-order chi connectivity index (χ0) is 10.6. The maximum atomic E-state index is 11.4. The van der Waals surface area contributed by atoms with Gasteiger partial charge in [-0.1, -0.05) is 5.11 Å². The van der Waals surface area contributed by atoms with E-state index >= 15 is 0 Å². The van der Waals surface area contributed by atoms with Crippen LogP contribution < -0.4 is 0 Å². The van der Waals surface area contributed by atoms with Gasteiger partial charge >= 0.3 is 5.97 Å². The minimum atomic E-state index is -1.27. The van der Waals surface area contributed by atoms with Crippen LogP contribution in [0, 0.1) is 0 Å². The molecule has 0 spiro atoms. The largest absolute Gasteiger partial charge is 0.468 e. The van der Waals surface area contributed by atoms with Gasteiger partial charge in [0, 0.05) is 4.91 Å². The van der Waals surface area contributed by atoms with Gasteiger partial charge in [-0.05, 0) is 12.5 Å². The Bertz CT molecular complexity index is 365. The van der Waals surface area contributed by atoms with Crippen LogP contribution in [0.15, 0.2) is 29.4 Å². The smallest absolute Gasteiger partial charge is 0.319 e. The number of azide groups is 1. The molecule has 74 valence electrons. The molecule has 1 aromatic carbocycles.